The van der Waals surface area contributed by atoms with Crippen LogP contribution in [0.2, 0.25) is 0 Å². The molecule has 5 aliphatic rings. The maximum atomic E-state index is 12.9. The number of hydrogen-bond donors (Lipinski definition) is 1. The number of nitrogens with zero attached hydrogens (tertiary/aromatic N) is 3. The second kappa shape index (κ2) is 11.8. The number of carbonyl (C=O) groups excluding carboxylic acids is 2. The molecule has 4 saturated carbocycles. The fourth-order valence-electron chi connectivity index (χ4n) is 8.24. The summed E-state index contributed by atoms with van der Waals surface area (Å²) >= 11 is 0. The number of benzene rings is 2. The Kier molecular flexibility index (Phi) is 7.97. The molecular formula is C32H40N4O5. The molecule has 0 radical (unpaired) electrons. The van der Waals surface area contributed by atoms with Crippen molar-refractivity contribution in [1.29, 1.82) is 0 Å². The van der Waals surface area contributed by atoms with Gasteiger partial charge in [0.05, 0.1) is 11.5 Å². The van der Waals surface area contributed by atoms with Gasteiger partial charge in [-0.05, 0) is 85.5 Å². The molecule has 2 aromatic carbocycles. The van der Waals surface area contributed by atoms with Crippen molar-refractivity contribution in [2.24, 2.45) is 23.2 Å². The van der Waals surface area contributed by atoms with Gasteiger partial charge in [0, 0.05) is 56.8 Å². The largest absolute Gasteiger partial charge is 0.489 e. The molecule has 9 heteroatoms. The molecule has 218 valence electrons. The molecule has 4 aliphatic carbocycles. The Balaban J connectivity index is 0.939. The lowest BCUT2D eigenvalue weighted by atomic mass is 9.49. The minimum atomic E-state index is -0.410. The smallest absolute Gasteiger partial charge is 0.269 e. The third-order valence-electron chi connectivity index (χ3n) is 9.77. The zero-order valence-corrected chi connectivity index (χ0v) is 23.6. The highest BCUT2D eigenvalue weighted by molar-refractivity contribution is 5.85. The van der Waals surface area contributed by atoms with Crippen LogP contribution in [0.3, 0.4) is 0 Å². The second-order valence-electron chi connectivity index (χ2n) is 12.8. The summed E-state index contributed by atoms with van der Waals surface area (Å²) in [4.78, 5) is 40.4. The van der Waals surface area contributed by atoms with Crippen molar-refractivity contribution in [3.63, 3.8) is 0 Å². The first-order chi connectivity index (χ1) is 19.8. The van der Waals surface area contributed by atoms with Gasteiger partial charge in [-0.3, -0.25) is 24.6 Å². The van der Waals surface area contributed by atoms with E-state index in [-0.39, 0.29) is 29.5 Å². The van der Waals surface area contributed by atoms with Crippen LogP contribution in [0.1, 0.15) is 56.1 Å². The van der Waals surface area contributed by atoms with Crippen LogP contribution in [0.4, 0.5) is 5.69 Å². The number of non-ortho nitro benzene ring substituents is 1. The first-order valence-corrected chi connectivity index (χ1v) is 15.0. The van der Waals surface area contributed by atoms with E-state index in [1.807, 2.05) is 29.2 Å². The van der Waals surface area contributed by atoms with E-state index in [1.54, 1.807) is 12.1 Å². The Bertz CT molecular complexity index is 1240. The van der Waals surface area contributed by atoms with Gasteiger partial charge >= 0.3 is 0 Å². The fraction of sp³-hybridized carbons (Fsp3) is 0.562. The highest BCUT2D eigenvalue weighted by Gasteiger charge is 2.51. The summed E-state index contributed by atoms with van der Waals surface area (Å²) in [6.07, 6.45) is 8.29. The average Bonchev–Trinajstić information content (AvgIpc) is 2.95. The molecule has 1 aliphatic heterocycles. The van der Waals surface area contributed by atoms with E-state index in [1.165, 1.54) is 50.7 Å². The van der Waals surface area contributed by atoms with Gasteiger partial charge in [-0.2, -0.15) is 0 Å². The highest BCUT2D eigenvalue weighted by Crippen LogP contribution is 2.61. The van der Waals surface area contributed by atoms with Gasteiger partial charge in [0.15, 0.2) is 0 Å². The third-order valence-corrected chi connectivity index (χ3v) is 9.77. The van der Waals surface area contributed by atoms with Crippen LogP contribution in [0.15, 0.2) is 48.5 Å². The third kappa shape index (κ3) is 6.56. The molecule has 1 N–H and O–H groups in total. The van der Waals surface area contributed by atoms with E-state index in [4.69, 9.17) is 4.74 Å². The lowest BCUT2D eigenvalue weighted by Crippen LogP contribution is -2.51. The monoisotopic (exact) mass is 560 g/mol. The molecule has 7 rings (SSSR count). The first-order valence-electron chi connectivity index (χ1n) is 15.0. The van der Waals surface area contributed by atoms with Crippen molar-refractivity contribution >= 4 is 17.5 Å². The van der Waals surface area contributed by atoms with Crippen LogP contribution in [-0.4, -0.2) is 59.3 Å². The van der Waals surface area contributed by atoms with Gasteiger partial charge in [-0.15, -0.1) is 0 Å². The zero-order valence-electron chi connectivity index (χ0n) is 23.6. The number of ether oxygens (including phenoxy) is 1. The molecule has 2 aromatic rings. The zero-order chi connectivity index (χ0) is 28.4. The summed E-state index contributed by atoms with van der Waals surface area (Å²) in [5, 5.41) is 13.8. The first kappa shape index (κ1) is 27.7. The summed E-state index contributed by atoms with van der Waals surface area (Å²) in [7, 11) is 0. The van der Waals surface area contributed by atoms with Gasteiger partial charge < -0.3 is 15.0 Å². The summed E-state index contributed by atoms with van der Waals surface area (Å²) in [6.45, 7) is 3.90. The topological polar surface area (TPSA) is 105 Å². The van der Waals surface area contributed by atoms with Crippen molar-refractivity contribution in [3.05, 3.63) is 69.8 Å². The maximum Gasteiger partial charge on any atom is 0.269 e. The normalized spacial score (nSPS) is 27.0. The van der Waals surface area contributed by atoms with Crippen LogP contribution >= 0.6 is 0 Å². The summed E-state index contributed by atoms with van der Waals surface area (Å²) in [5.74, 6) is 3.28. The number of amides is 2. The number of hydrogen-bond acceptors (Lipinski definition) is 6. The van der Waals surface area contributed by atoms with Crippen molar-refractivity contribution in [2.75, 3.05) is 32.7 Å². The molecule has 1 saturated heterocycles. The quantitative estimate of drug-likeness (QED) is 0.338. The predicted molar refractivity (Wildman–Crippen MR) is 154 cm³/mol. The Morgan fingerprint density at radius 1 is 0.927 bits per heavy atom. The molecule has 5 fully saturated rings. The van der Waals surface area contributed by atoms with Crippen LogP contribution in [-0.2, 0) is 22.7 Å². The van der Waals surface area contributed by atoms with Gasteiger partial charge in [0.1, 0.15) is 12.4 Å². The van der Waals surface area contributed by atoms with Crippen molar-refractivity contribution in [3.8, 4) is 5.75 Å². The molecule has 0 unspecified atom stereocenters. The number of nitro groups is 1. The van der Waals surface area contributed by atoms with Gasteiger partial charge in [0.2, 0.25) is 11.8 Å². The average molecular weight is 561 g/mol. The van der Waals surface area contributed by atoms with E-state index < -0.39 is 4.92 Å². The summed E-state index contributed by atoms with van der Waals surface area (Å²) in [5.41, 5.74) is 2.18. The molecule has 0 spiro atoms. The number of nitrogens with one attached hydrogen (secondary N) is 1. The van der Waals surface area contributed by atoms with E-state index >= 15 is 0 Å². The Morgan fingerprint density at radius 2 is 1.56 bits per heavy atom. The van der Waals surface area contributed by atoms with Gasteiger partial charge in [-0.1, -0.05) is 18.2 Å². The minimum absolute atomic E-state index is 0.00431. The molecule has 4 bridgehead atoms. The SMILES string of the molecule is O=C(CC12CC3CC(CC(C3)C1)C2)NCC(=O)N1CCN(Cc2ccccc2OCc2ccc([N+](=O)[O-])cc2)CC1. The van der Waals surface area contributed by atoms with Crippen LogP contribution < -0.4 is 10.1 Å². The highest BCUT2D eigenvalue weighted by atomic mass is 16.6. The predicted octanol–water partition coefficient (Wildman–Crippen LogP) is 4.54. The lowest BCUT2D eigenvalue weighted by Gasteiger charge is -2.56. The molecule has 41 heavy (non-hydrogen) atoms. The standard InChI is InChI=1S/C32H40N4O5/c37-30(19-32-16-24-13-25(17-32)15-26(14-24)18-32)33-20-31(38)35-11-9-34(10-12-35)21-27-3-1-2-4-29(27)41-22-23-5-7-28(8-6-23)36(39)40/h1-8,24-26H,9-22H2,(H,33,37). The van der Waals surface area contributed by atoms with E-state index in [9.17, 15) is 19.7 Å². The summed E-state index contributed by atoms with van der Waals surface area (Å²) < 4.78 is 6.06. The second-order valence-corrected chi connectivity index (χ2v) is 12.8. The molecule has 2 amide bonds. The van der Waals surface area contributed by atoms with E-state index in [0.717, 1.165) is 47.7 Å². The number of para-hydroxylation sites is 1. The fourth-order valence-corrected chi connectivity index (χ4v) is 8.24. The van der Waals surface area contributed by atoms with Crippen LogP contribution in [0, 0.1) is 33.3 Å². The Morgan fingerprint density at radius 3 is 2.20 bits per heavy atom. The number of piperazine rings is 1. The minimum Gasteiger partial charge on any atom is -0.489 e. The van der Waals surface area contributed by atoms with Crippen molar-refractivity contribution in [2.45, 2.75) is 58.1 Å². The maximum absolute atomic E-state index is 12.9. The number of rotatable bonds is 10. The van der Waals surface area contributed by atoms with Gasteiger partial charge in [0.25, 0.3) is 5.69 Å². The number of carbonyl (C=O) groups is 2. The molecule has 0 aromatic heterocycles. The lowest BCUT2D eigenvalue weighted by molar-refractivity contribution is -0.384. The Labute approximate surface area is 241 Å². The molecule has 0 atom stereocenters. The Hall–Kier alpha value is -3.46. The molecule has 9 nitrogen and oxygen atoms in total. The van der Waals surface area contributed by atoms with E-state index in [0.29, 0.717) is 32.7 Å². The summed E-state index contributed by atoms with van der Waals surface area (Å²) in [6, 6.07) is 14.3. The molecular weight excluding hydrogens is 520 g/mol. The van der Waals surface area contributed by atoms with E-state index in [2.05, 4.69) is 10.2 Å². The van der Waals surface area contributed by atoms with Crippen molar-refractivity contribution in [1.82, 2.24) is 15.1 Å². The number of nitro benzene ring substituents is 1. The van der Waals surface area contributed by atoms with Gasteiger partial charge in [-0.25, -0.2) is 0 Å². The molecule has 1 heterocycles. The van der Waals surface area contributed by atoms with Crippen molar-refractivity contribution < 1.29 is 19.2 Å². The van der Waals surface area contributed by atoms with Crippen LogP contribution in [0.5, 0.6) is 5.75 Å². The van der Waals surface area contributed by atoms with Crippen LogP contribution in [0.25, 0.3) is 0 Å².